The summed E-state index contributed by atoms with van der Waals surface area (Å²) in [4.78, 5) is 31.3. The van der Waals surface area contributed by atoms with Gasteiger partial charge in [-0.15, -0.1) is 0 Å². The van der Waals surface area contributed by atoms with Crippen molar-refractivity contribution in [2.24, 2.45) is 7.05 Å². The Morgan fingerprint density at radius 3 is 2.67 bits per heavy atom. The number of anilines is 1. The van der Waals surface area contributed by atoms with Crippen LogP contribution in [0, 0.1) is 18.6 Å². The van der Waals surface area contributed by atoms with Crippen molar-refractivity contribution in [3.8, 4) is 5.69 Å². The highest BCUT2D eigenvalue weighted by Crippen LogP contribution is 2.34. The van der Waals surface area contributed by atoms with Crippen LogP contribution in [0.3, 0.4) is 0 Å². The third-order valence-corrected chi connectivity index (χ3v) is 8.21. The van der Waals surface area contributed by atoms with Gasteiger partial charge in [-0.05, 0) is 62.1 Å². The first-order valence-corrected chi connectivity index (χ1v) is 13.2. The van der Waals surface area contributed by atoms with Gasteiger partial charge in [0.2, 0.25) is 0 Å². The molecular weight excluding hydrogens is 516 g/mol. The monoisotopic (exact) mass is 545 g/mol. The number of hydrogen-bond donors (Lipinski definition) is 2. The van der Waals surface area contributed by atoms with Crippen LogP contribution in [0.2, 0.25) is 0 Å². The third-order valence-electron chi connectivity index (χ3n) is 8.21. The fourth-order valence-electron chi connectivity index (χ4n) is 6.11. The minimum absolute atomic E-state index is 0.0251. The second kappa shape index (κ2) is 9.71. The molecular formula is C30H29F2N5O3. The number of aromatic nitrogens is 3. The Kier molecular flexibility index (Phi) is 6.29. The third kappa shape index (κ3) is 4.10. The molecule has 0 fully saturated rings. The van der Waals surface area contributed by atoms with Crippen molar-refractivity contribution in [2.45, 2.75) is 32.7 Å². The number of carbonyl (C=O) groups is 1. The molecule has 0 amide bonds. The molecule has 0 aliphatic carbocycles. The van der Waals surface area contributed by atoms with Gasteiger partial charge in [-0.2, -0.15) is 0 Å². The summed E-state index contributed by atoms with van der Waals surface area (Å²) in [5, 5.41) is 12.9. The molecule has 40 heavy (non-hydrogen) atoms. The predicted octanol–water partition coefficient (Wildman–Crippen LogP) is 4.83. The van der Waals surface area contributed by atoms with Gasteiger partial charge in [0, 0.05) is 61.1 Å². The Bertz CT molecular complexity index is 1770. The first-order valence-electron chi connectivity index (χ1n) is 13.2. The fourth-order valence-corrected chi connectivity index (χ4v) is 6.11. The van der Waals surface area contributed by atoms with Crippen molar-refractivity contribution in [3.05, 3.63) is 92.7 Å². The number of hydrogen-bond acceptors (Lipinski definition) is 5. The van der Waals surface area contributed by atoms with Crippen LogP contribution < -0.4 is 10.9 Å². The number of fused-ring (bicyclic) bond motifs is 2. The van der Waals surface area contributed by atoms with Crippen LogP contribution in [-0.2, 0) is 13.5 Å². The van der Waals surface area contributed by atoms with Crippen molar-refractivity contribution in [1.29, 1.82) is 0 Å². The van der Waals surface area contributed by atoms with Crippen LogP contribution in [0.15, 0.2) is 47.5 Å². The second-order valence-corrected chi connectivity index (χ2v) is 10.5. The standard InChI is InChI=1S/C30H29F2N5O3/c1-16-12-19(30(39)40)13-22(31)26(16)18-6-10-36(11-7-18)17(2)25-14-21-24(5-9-34-28(21)35(25)3)37-15-23(32)27-20(29(37)38)4-8-33-27/h5-6,9,12-15,17,33H,4,7-8,10-11H2,1-3H3,(H,39,40)/t17-/m0/s1. The summed E-state index contributed by atoms with van der Waals surface area (Å²) in [7, 11) is 1.93. The average Bonchev–Trinajstić information content (AvgIpc) is 3.56. The van der Waals surface area contributed by atoms with Gasteiger partial charge in [0.05, 0.1) is 23.1 Å². The van der Waals surface area contributed by atoms with E-state index in [1.54, 1.807) is 19.2 Å². The largest absolute Gasteiger partial charge is 0.478 e. The van der Waals surface area contributed by atoms with E-state index in [0.717, 1.165) is 22.7 Å². The molecule has 3 aromatic heterocycles. The molecule has 0 bridgehead atoms. The lowest BCUT2D eigenvalue weighted by molar-refractivity contribution is 0.0696. The molecule has 2 N–H and O–H groups in total. The van der Waals surface area contributed by atoms with Gasteiger partial charge in [0.1, 0.15) is 11.5 Å². The number of rotatable bonds is 5. The molecule has 0 spiro atoms. The molecule has 2 aliphatic rings. The van der Waals surface area contributed by atoms with Gasteiger partial charge in [0.25, 0.3) is 5.56 Å². The van der Waals surface area contributed by atoms with E-state index in [9.17, 15) is 23.5 Å². The number of aromatic carboxylic acids is 1. The normalized spacial score (nSPS) is 16.1. The molecule has 1 aromatic carbocycles. The highest BCUT2D eigenvalue weighted by atomic mass is 19.1. The minimum atomic E-state index is -1.15. The molecule has 4 aromatic rings. The second-order valence-electron chi connectivity index (χ2n) is 10.5. The van der Waals surface area contributed by atoms with E-state index in [0.29, 0.717) is 66.2 Å². The van der Waals surface area contributed by atoms with Crippen molar-refractivity contribution in [2.75, 3.05) is 25.0 Å². The number of nitrogens with one attached hydrogen (secondary N) is 1. The maximum Gasteiger partial charge on any atom is 0.335 e. The smallest absolute Gasteiger partial charge is 0.335 e. The highest BCUT2D eigenvalue weighted by Gasteiger charge is 2.26. The Morgan fingerprint density at radius 1 is 1.18 bits per heavy atom. The first kappa shape index (κ1) is 25.9. The Balaban J connectivity index is 1.32. The zero-order chi connectivity index (χ0) is 28.3. The molecule has 0 unspecified atom stereocenters. The molecule has 1 atom stereocenters. The Morgan fingerprint density at radius 2 is 1.98 bits per heavy atom. The molecule has 206 valence electrons. The predicted molar refractivity (Wildman–Crippen MR) is 149 cm³/mol. The zero-order valence-electron chi connectivity index (χ0n) is 22.5. The summed E-state index contributed by atoms with van der Waals surface area (Å²) in [5.74, 6) is -2.13. The van der Waals surface area contributed by atoms with E-state index < -0.39 is 17.6 Å². The topological polar surface area (TPSA) is 92.4 Å². The molecule has 10 heteroatoms. The SMILES string of the molecule is Cc1cc(C(=O)O)cc(F)c1C1=CCN([C@@H](C)c2cc3c(-n4cc(F)c5c(c4=O)CCN5)ccnc3n2C)CC1. The van der Waals surface area contributed by atoms with Crippen molar-refractivity contribution in [1.82, 2.24) is 19.0 Å². The van der Waals surface area contributed by atoms with Crippen molar-refractivity contribution < 1.29 is 18.7 Å². The van der Waals surface area contributed by atoms with Crippen LogP contribution in [-0.4, -0.2) is 49.7 Å². The van der Waals surface area contributed by atoms with Crippen LogP contribution in [0.5, 0.6) is 0 Å². The molecule has 8 nitrogen and oxygen atoms in total. The number of halogens is 2. The van der Waals surface area contributed by atoms with Gasteiger partial charge in [-0.1, -0.05) is 6.08 Å². The fraction of sp³-hybridized carbons (Fsp3) is 0.300. The summed E-state index contributed by atoms with van der Waals surface area (Å²) in [6, 6.07) is 6.30. The quantitative estimate of drug-likeness (QED) is 0.373. The van der Waals surface area contributed by atoms with Crippen molar-refractivity contribution in [3.63, 3.8) is 0 Å². The van der Waals surface area contributed by atoms with E-state index in [2.05, 4.69) is 22.1 Å². The number of pyridine rings is 2. The molecule has 0 saturated heterocycles. The van der Waals surface area contributed by atoms with E-state index in [1.807, 2.05) is 23.8 Å². The lowest BCUT2D eigenvalue weighted by Crippen LogP contribution is -2.32. The van der Waals surface area contributed by atoms with Gasteiger partial charge < -0.3 is 15.0 Å². The maximum atomic E-state index is 14.9. The van der Waals surface area contributed by atoms with E-state index >= 15 is 0 Å². The highest BCUT2D eigenvalue weighted by molar-refractivity contribution is 5.89. The average molecular weight is 546 g/mol. The number of nitrogens with zero attached hydrogens (tertiary/aromatic N) is 4. The Hall–Kier alpha value is -4.31. The number of benzene rings is 1. The molecule has 5 heterocycles. The molecule has 6 rings (SSSR count). The maximum absolute atomic E-state index is 14.9. The van der Waals surface area contributed by atoms with Crippen LogP contribution in [0.1, 0.15) is 52.1 Å². The summed E-state index contributed by atoms with van der Waals surface area (Å²) in [5.41, 5.74) is 4.64. The molecule has 0 radical (unpaired) electrons. The lowest BCUT2D eigenvalue weighted by atomic mass is 9.93. The van der Waals surface area contributed by atoms with Gasteiger partial charge in [0.15, 0.2) is 5.82 Å². The van der Waals surface area contributed by atoms with Crippen LogP contribution >= 0.6 is 0 Å². The number of aryl methyl sites for hydroxylation is 2. The zero-order valence-corrected chi connectivity index (χ0v) is 22.5. The summed E-state index contributed by atoms with van der Waals surface area (Å²) in [6.45, 7) is 5.62. The van der Waals surface area contributed by atoms with Gasteiger partial charge >= 0.3 is 5.97 Å². The van der Waals surface area contributed by atoms with E-state index in [-0.39, 0.29) is 17.2 Å². The number of carboxylic acids is 1. The van der Waals surface area contributed by atoms with Gasteiger partial charge in [-0.25, -0.2) is 18.6 Å². The van der Waals surface area contributed by atoms with Crippen LogP contribution in [0.25, 0.3) is 22.3 Å². The van der Waals surface area contributed by atoms with Gasteiger partial charge in [-0.3, -0.25) is 14.3 Å². The minimum Gasteiger partial charge on any atom is -0.478 e. The lowest BCUT2D eigenvalue weighted by Gasteiger charge is -2.32. The van der Waals surface area contributed by atoms with E-state index in [1.165, 1.54) is 16.8 Å². The first-order chi connectivity index (χ1) is 19.2. The summed E-state index contributed by atoms with van der Waals surface area (Å²) >= 11 is 0. The molecule has 0 saturated carbocycles. The van der Waals surface area contributed by atoms with Crippen molar-refractivity contribution >= 4 is 28.3 Å². The summed E-state index contributed by atoms with van der Waals surface area (Å²) in [6.07, 6.45) is 5.96. The van der Waals surface area contributed by atoms with E-state index in [4.69, 9.17) is 0 Å². The Labute approximate surface area is 229 Å². The molecule has 2 aliphatic heterocycles. The summed E-state index contributed by atoms with van der Waals surface area (Å²) < 4.78 is 33.1. The van der Waals surface area contributed by atoms with Crippen LogP contribution in [0.4, 0.5) is 14.5 Å². The number of carboxylic acid groups (broad SMARTS) is 1.